The number of aromatic amines is 1. The molecule has 0 aliphatic heterocycles. The van der Waals surface area contributed by atoms with Crippen LogP contribution in [0.5, 0.6) is 0 Å². The van der Waals surface area contributed by atoms with Gasteiger partial charge in [-0.2, -0.15) is 0 Å². The van der Waals surface area contributed by atoms with E-state index in [4.69, 9.17) is 12.2 Å². The molecule has 1 aliphatic rings. The summed E-state index contributed by atoms with van der Waals surface area (Å²) in [6, 6.07) is 0. The highest BCUT2D eigenvalue weighted by Crippen LogP contribution is 2.38. The van der Waals surface area contributed by atoms with Crippen molar-refractivity contribution in [2.75, 3.05) is 0 Å². The molecule has 18 heavy (non-hydrogen) atoms. The Labute approximate surface area is 123 Å². The SMILES string of the molecule is CCCc1[nH]c(C2CCC(CC)C2)nc(=S)c1Br. The van der Waals surface area contributed by atoms with E-state index in [1.165, 1.54) is 31.4 Å². The van der Waals surface area contributed by atoms with Gasteiger partial charge in [0.2, 0.25) is 0 Å². The molecule has 0 saturated heterocycles. The predicted octanol–water partition coefficient (Wildman–Crippen LogP) is 5.15. The highest BCUT2D eigenvalue weighted by molar-refractivity contribution is 9.10. The van der Waals surface area contributed by atoms with Crippen molar-refractivity contribution in [2.45, 2.75) is 58.3 Å². The molecule has 0 bridgehead atoms. The molecule has 2 rings (SSSR count). The second kappa shape index (κ2) is 6.29. The van der Waals surface area contributed by atoms with Gasteiger partial charge in [-0.05, 0) is 47.5 Å². The molecule has 2 nitrogen and oxygen atoms in total. The second-order valence-corrected chi connectivity index (χ2v) is 6.43. The Morgan fingerprint density at radius 1 is 1.39 bits per heavy atom. The molecule has 1 aliphatic carbocycles. The third-order valence-corrected chi connectivity index (χ3v) is 5.37. The van der Waals surface area contributed by atoms with Crippen LogP contribution in [0.2, 0.25) is 0 Å². The fraction of sp³-hybridized carbons (Fsp3) is 0.714. The first-order valence-corrected chi connectivity index (χ1v) is 8.14. The molecule has 1 saturated carbocycles. The molecular weight excluding hydrogens is 308 g/mol. The molecule has 1 aromatic rings. The maximum atomic E-state index is 5.36. The van der Waals surface area contributed by atoms with Gasteiger partial charge in [0.15, 0.2) is 0 Å². The lowest BCUT2D eigenvalue weighted by atomic mass is 10.0. The fourth-order valence-corrected chi connectivity index (χ4v) is 3.44. The van der Waals surface area contributed by atoms with Crippen molar-refractivity contribution in [2.24, 2.45) is 5.92 Å². The van der Waals surface area contributed by atoms with E-state index in [2.05, 4.69) is 39.7 Å². The zero-order valence-electron chi connectivity index (χ0n) is 11.1. The zero-order chi connectivity index (χ0) is 13.1. The molecule has 100 valence electrons. The standard InChI is InChI=1S/C14H21BrN2S/c1-3-5-11-12(15)14(18)17-13(16-11)10-7-6-9(4-2)8-10/h9-10H,3-8H2,1-2H3,(H,16,17,18). The minimum absolute atomic E-state index is 0.584. The van der Waals surface area contributed by atoms with Crippen LogP contribution < -0.4 is 0 Å². The number of nitrogens with one attached hydrogen (secondary N) is 1. The Kier molecular flexibility index (Phi) is 4.96. The number of aromatic nitrogens is 2. The lowest BCUT2D eigenvalue weighted by Crippen LogP contribution is -2.06. The number of nitrogens with zero attached hydrogens (tertiary/aromatic N) is 1. The van der Waals surface area contributed by atoms with Crippen LogP contribution in [0.1, 0.15) is 63.4 Å². The van der Waals surface area contributed by atoms with Crippen molar-refractivity contribution in [1.82, 2.24) is 9.97 Å². The molecule has 2 unspecified atom stereocenters. The lowest BCUT2D eigenvalue weighted by molar-refractivity contribution is 0.516. The number of halogens is 1. The van der Waals surface area contributed by atoms with E-state index in [-0.39, 0.29) is 0 Å². The van der Waals surface area contributed by atoms with Crippen molar-refractivity contribution in [3.8, 4) is 0 Å². The Bertz CT molecular complexity index is 469. The normalized spacial score (nSPS) is 23.5. The topological polar surface area (TPSA) is 28.7 Å². The Morgan fingerprint density at radius 2 is 2.17 bits per heavy atom. The molecule has 1 aromatic heterocycles. The van der Waals surface area contributed by atoms with Gasteiger partial charge in [-0.3, -0.25) is 0 Å². The molecule has 1 fully saturated rings. The fourth-order valence-electron chi connectivity index (χ4n) is 2.83. The number of rotatable bonds is 4. The van der Waals surface area contributed by atoms with Crippen LogP contribution in [0.15, 0.2) is 4.47 Å². The summed E-state index contributed by atoms with van der Waals surface area (Å²) < 4.78 is 1.69. The van der Waals surface area contributed by atoms with Crippen LogP contribution in [-0.2, 0) is 6.42 Å². The minimum Gasteiger partial charge on any atom is -0.346 e. The largest absolute Gasteiger partial charge is 0.346 e. The van der Waals surface area contributed by atoms with Gasteiger partial charge in [0.1, 0.15) is 10.5 Å². The lowest BCUT2D eigenvalue weighted by Gasteiger charge is -2.13. The molecule has 4 heteroatoms. The number of H-pyrrole nitrogens is 1. The van der Waals surface area contributed by atoms with Crippen molar-refractivity contribution in [3.63, 3.8) is 0 Å². The van der Waals surface area contributed by atoms with E-state index in [9.17, 15) is 0 Å². The van der Waals surface area contributed by atoms with Gasteiger partial charge in [-0.1, -0.05) is 38.9 Å². The molecule has 1 N–H and O–H groups in total. The third kappa shape index (κ3) is 3.02. The summed E-state index contributed by atoms with van der Waals surface area (Å²) in [6.45, 7) is 4.47. The molecule has 2 atom stereocenters. The van der Waals surface area contributed by atoms with Gasteiger partial charge in [-0.15, -0.1) is 0 Å². The molecule has 0 spiro atoms. The van der Waals surface area contributed by atoms with Gasteiger partial charge in [0.05, 0.1) is 4.47 Å². The quantitative estimate of drug-likeness (QED) is 0.774. The molecule has 1 heterocycles. The summed E-state index contributed by atoms with van der Waals surface area (Å²) in [5, 5.41) is 0. The van der Waals surface area contributed by atoms with Gasteiger partial charge in [0, 0.05) is 11.6 Å². The number of aryl methyl sites for hydroxylation is 1. The predicted molar refractivity (Wildman–Crippen MR) is 81.5 cm³/mol. The van der Waals surface area contributed by atoms with Gasteiger partial charge in [-0.25, -0.2) is 4.98 Å². The van der Waals surface area contributed by atoms with Crippen LogP contribution in [0.3, 0.4) is 0 Å². The average molecular weight is 329 g/mol. The van der Waals surface area contributed by atoms with E-state index in [0.717, 1.165) is 29.1 Å². The smallest absolute Gasteiger partial charge is 0.144 e. The molecule has 0 aromatic carbocycles. The Hall–Kier alpha value is -0.220. The van der Waals surface area contributed by atoms with E-state index in [0.29, 0.717) is 10.6 Å². The second-order valence-electron chi connectivity index (χ2n) is 5.25. The Balaban J connectivity index is 2.26. The van der Waals surface area contributed by atoms with Crippen LogP contribution in [0.25, 0.3) is 0 Å². The first kappa shape index (κ1) is 14.2. The van der Waals surface area contributed by atoms with E-state index in [1.54, 1.807) is 0 Å². The van der Waals surface area contributed by atoms with Crippen molar-refractivity contribution >= 4 is 28.1 Å². The van der Waals surface area contributed by atoms with E-state index in [1.807, 2.05) is 0 Å². The first-order chi connectivity index (χ1) is 8.65. The highest BCUT2D eigenvalue weighted by atomic mass is 79.9. The van der Waals surface area contributed by atoms with Crippen LogP contribution in [0.4, 0.5) is 0 Å². The van der Waals surface area contributed by atoms with E-state index < -0.39 is 0 Å². The van der Waals surface area contributed by atoms with Crippen molar-refractivity contribution in [3.05, 3.63) is 20.6 Å². The first-order valence-electron chi connectivity index (χ1n) is 6.94. The van der Waals surface area contributed by atoms with Crippen molar-refractivity contribution < 1.29 is 0 Å². The monoisotopic (exact) mass is 328 g/mol. The summed E-state index contributed by atoms with van der Waals surface area (Å²) in [5.74, 6) is 2.57. The van der Waals surface area contributed by atoms with Gasteiger partial charge in [0.25, 0.3) is 0 Å². The summed E-state index contributed by atoms with van der Waals surface area (Å²) in [7, 11) is 0. The zero-order valence-corrected chi connectivity index (χ0v) is 13.5. The average Bonchev–Trinajstić information content (AvgIpc) is 2.83. The molecular formula is C14H21BrN2S. The number of hydrogen-bond donors (Lipinski definition) is 1. The van der Waals surface area contributed by atoms with Crippen molar-refractivity contribution in [1.29, 1.82) is 0 Å². The summed E-state index contributed by atoms with van der Waals surface area (Å²) in [5.41, 5.74) is 1.22. The third-order valence-electron chi connectivity index (χ3n) is 3.96. The van der Waals surface area contributed by atoms with Crippen LogP contribution >= 0.6 is 28.1 Å². The van der Waals surface area contributed by atoms with Gasteiger partial charge < -0.3 is 4.98 Å². The van der Waals surface area contributed by atoms with E-state index >= 15 is 0 Å². The molecule has 0 amide bonds. The summed E-state index contributed by atoms with van der Waals surface area (Å²) in [4.78, 5) is 8.10. The Morgan fingerprint density at radius 3 is 2.78 bits per heavy atom. The van der Waals surface area contributed by atoms with Gasteiger partial charge >= 0.3 is 0 Å². The maximum absolute atomic E-state index is 5.36. The molecule has 0 radical (unpaired) electrons. The minimum atomic E-state index is 0.584. The summed E-state index contributed by atoms with van der Waals surface area (Å²) in [6.07, 6.45) is 7.30. The number of hydrogen-bond acceptors (Lipinski definition) is 2. The maximum Gasteiger partial charge on any atom is 0.144 e. The van der Waals surface area contributed by atoms with Crippen LogP contribution in [0, 0.1) is 10.6 Å². The highest BCUT2D eigenvalue weighted by Gasteiger charge is 2.26. The summed E-state index contributed by atoms with van der Waals surface area (Å²) >= 11 is 8.91. The van der Waals surface area contributed by atoms with Crippen LogP contribution in [-0.4, -0.2) is 9.97 Å².